The van der Waals surface area contributed by atoms with Crippen LogP contribution < -0.4 is 0 Å². The Morgan fingerprint density at radius 2 is 1.69 bits per heavy atom. The SMILES string of the molecule is Cc1cccc(/C=C/c2ccccc2)c1CSc1nc2ccccc2s1. The molecule has 128 valence electrons. The van der Waals surface area contributed by atoms with Gasteiger partial charge in [-0.3, -0.25) is 0 Å². The Balaban J connectivity index is 1.56. The normalized spacial score (nSPS) is 11.4. The fourth-order valence-electron chi connectivity index (χ4n) is 2.88. The lowest BCUT2D eigenvalue weighted by atomic mass is 10.0. The molecule has 0 saturated carbocycles. The zero-order chi connectivity index (χ0) is 17.8. The Labute approximate surface area is 162 Å². The van der Waals surface area contributed by atoms with Gasteiger partial charge in [-0.2, -0.15) is 0 Å². The third-order valence-corrected chi connectivity index (χ3v) is 6.52. The lowest BCUT2D eigenvalue weighted by Crippen LogP contribution is -1.91. The Hall–Kier alpha value is -2.36. The number of aryl methyl sites for hydroxylation is 1. The highest BCUT2D eigenvalue weighted by Crippen LogP contribution is 2.33. The first-order chi connectivity index (χ1) is 12.8. The molecule has 4 aromatic rings. The maximum atomic E-state index is 4.74. The summed E-state index contributed by atoms with van der Waals surface area (Å²) in [6, 6.07) is 25.3. The molecule has 0 N–H and O–H groups in total. The van der Waals surface area contributed by atoms with Gasteiger partial charge in [-0.15, -0.1) is 11.3 Å². The van der Waals surface area contributed by atoms with Crippen LogP contribution in [0.1, 0.15) is 22.3 Å². The Morgan fingerprint density at radius 3 is 2.54 bits per heavy atom. The molecule has 0 amide bonds. The van der Waals surface area contributed by atoms with Gasteiger partial charge in [-0.25, -0.2) is 4.98 Å². The maximum absolute atomic E-state index is 4.74. The van der Waals surface area contributed by atoms with E-state index >= 15 is 0 Å². The van der Waals surface area contributed by atoms with E-state index in [4.69, 9.17) is 4.98 Å². The minimum Gasteiger partial charge on any atom is -0.230 e. The van der Waals surface area contributed by atoms with Gasteiger partial charge in [0.2, 0.25) is 0 Å². The summed E-state index contributed by atoms with van der Waals surface area (Å²) < 4.78 is 2.39. The molecule has 0 spiro atoms. The van der Waals surface area contributed by atoms with Gasteiger partial charge in [-0.05, 0) is 41.3 Å². The van der Waals surface area contributed by atoms with Gasteiger partial charge in [0.25, 0.3) is 0 Å². The van der Waals surface area contributed by atoms with Crippen LogP contribution in [-0.4, -0.2) is 4.98 Å². The predicted molar refractivity (Wildman–Crippen MR) is 116 cm³/mol. The largest absolute Gasteiger partial charge is 0.230 e. The van der Waals surface area contributed by atoms with Gasteiger partial charge in [0.1, 0.15) is 0 Å². The van der Waals surface area contributed by atoms with Crippen molar-refractivity contribution in [2.24, 2.45) is 0 Å². The van der Waals surface area contributed by atoms with Gasteiger partial charge >= 0.3 is 0 Å². The van der Waals surface area contributed by atoms with E-state index in [9.17, 15) is 0 Å². The molecular formula is C23H19NS2. The number of thioether (sulfide) groups is 1. The number of para-hydroxylation sites is 1. The number of fused-ring (bicyclic) bond motifs is 1. The van der Waals surface area contributed by atoms with Crippen LogP contribution in [0.5, 0.6) is 0 Å². The van der Waals surface area contributed by atoms with Gasteiger partial charge < -0.3 is 0 Å². The summed E-state index contributed by atoms with van der Waals surface area (Å²) in [6.07, 6.45) is 4.40. The topological polar surface area (TPSA) is 12.9 Å². The molecule has 0 unspecified atom stereocenters. The second kappa shape index (κ2) is 7.90. The van der Waals surface area contributed by atoms with Gasteiger partial charge in [-0.1, -0.05) is 84.6 Å². The van der Waals surface area contributed by atoms with Gasteiger partial charge in [0.05, 0.1) is 10.2 Å². The van der Waals surface area contributed by atoms with Crippen LogP contribution in [0, 0.1) is 6.92 Å². The van der Waals surface area contributed by atoms with Crippen molar-refractivity contribution in [1.82, 2.24) is 4.98 Å². The summed E-state index contributed by atoms with van der Waals surface area (Å²) in [4.78, 5) is 4.74. The van der Waals surface area contributed by atoms with E-state index in [1.165, 1.54) is 27.0 Å². The molecule has 0 aliphatic rings. The summed E-state index contributed by atoms with van der Waals surface area (Å²) in [7, 11) is 0. The number of hydrogen-bond donors (Lipinski definition) is 0. The molecule has 0 bridgehead atoms. The first-order valence-corrected chi connectivity index (χ1v) is 10.4. The Kier molecular flexibility index (Phi) is 5.19. The monoisotopic (exact) mass is 373 g/mol. The van der Waals surface area contributed by atoms with E-state index in [0.29, 0.717) is 0 Å². The molecule has 26 heavy (non-hydrogen) atoms. The van der Waals surface area contributed by atoms with Crippen LogP contribution in [0.15, 0.2) is 77.1 Å². The van der Waals surface area contributed by atoms with Crippen LogP contribution in [0.25, 0.3) is 22.4 Å². The predicted octanol–water partition coefficient (Wildman–Crippen LogP) is 7.07. The molecule has 1 aromatic heterocycles. The van der Waals surface area contributed by atoms with E-state index in [0.717, 1.165) is 15.6 Å². The minimum absolute atomic E-state index is 0.932. The number of hydrogen-bond acceptors (Lipinski definition) is 3. The number of nitrogens with zero attached hydrogens (tertiary/aromatic N) is 1. The molecule has 3 aromatic carbocycles. The number of aromatic nitrogens is 1. The second-order valence-electron chi connectivity index (χ2n) is 6.12. The van der Waals surface area contributed by atoms with Crippen molar-refractivity contribution in [1.29, 1.82) is 0 Å². The zero-order valence-electron chi connectivity index (χ0n) is 14.6. The molecule has 4 rings (SSSR count). The van der Waals surface area contributed by atoms with E-state index in [2.05, 4.69) is 79.7 Å². The minimum atomic E-state index is 0.932. The Bertz CT molecular complexity index is 1020. The zero-order valence-corrected chi connectivity index (χ0v) is 16.2. The lowest BCUT2D eigenvalue weighted by molar-refractivity contribution is 1.26. The quantitative estimate of drug-likeness (QED) is 0.274. The lowest BCUT2D eigenvalue weighted by Gasteiger charge is -2.09. The van der Waals surface area contributed by atoms with E-state index in [1.807, 2.05) is 23.9 Å². The first kappa shape index (κ1) is 17.1. The van der Waals surface area contributed by atoms with Crippen molar-refractivity contribution in [3.8, 4) is 0 Å². The van der Waals surface area contributed by atoms with E-state index in [-0.39, 0.29) is 0 Å². The standard InChI is InChI=1S/C23H19NS2/c1-17-8-7-11-19(15-14-18-9-3-2-4-10-18)20(17)16-25-23-24-21-12-5-6-13-22(21)26-23/h2-15H,16H2,1H3/b15-14+. The summed E-state index contributed by atoms with van der Waals surface area (Å²) in [5.74, 6) is 0.932. The molecule has 0 fully saturated rings. The molecule has 1 nitrogen and oxygen atoms in total. The van der Waals surface area contributed by atoms with Crippen molar-refractivity contribution >= 4 is 45.5 Å². The average Bonchev–Trinajstić information content (AvgIpc) is 3.09. The number of rotatable bonds is 5. The van der Waals surface area contributed by atoms with Crippen molar-refractivity contribution in [2.45, 2.75) is 17.0 Å². The fourth-order valence-corrected chi connectivity index (χ4v) is 5.08. The molecule has 0 aliphatic heterocycles. The van der Waals surface area contributed by atoms with Crippen LogP contribution in [-0.2, 0) is 5.75 Å². The van der Waals surface area contributed by atoms with E-state index < -0.39 is 0 Å². The van der Waals surface area contributed by atoms with Crippen molar-refractivity contribution in [3.63, 3.8) is 0 Å². The molecule has 3 heteroatoms. The highest BCUT2D eigenvalue weighted by atomic mass is 32.2. The first-order valence-electron chi connectivity index (χ1n) is 8.59. The van der Waals surface area contributed by atoms with Crippen molar-refractivity contribution in [2.75, 3.05) is 0 Å². The number of benzene rings is 3. The van der Waals surface area contributed by atoms with Crippen LogP contribution in [0.2, 0.25) is 0 Å². The molecule has 0 radical (unpaired) electrons. The molecule has 1 heterocycles. The number of thiazole rings is 1. The summed E-state index contributed by atoms with van der Waals surface area (Å²) in [6.45, 7) is 2.19. The van der Waals surface area contributed by atoms with Crippen molar-refractivity contribution in [3.05, 3.63) is 95.1 Å². The van der Waals surface area contributed by atoms with Crippen molar-refractivity contribution < 1.29 is 0 Å². The fraction of sp³-hybridized carbons (Fsp3) is 0.0870. The maximum Gasteiger partial charge on any atom is 0.151 e. The summed E-state index contributed by atoms with van der Waals surface area (Å²) in [5, 5.41) is 0. The smallest absolute Gasteiger partial charge is 0.151 e. The van der Waals surface area contributed by atoms with Crippen LogP contribution in [0.3, 0.4) is 0 Å². The highest BCUT2D eigenvalue weighted by molar-refractivity contribution is 8.00. The van der Waals surface area contributed by atoms with Gasteiger partial charge in [0.15, 0.2) is 4.34 Å². The van der Waals surface area contributed by atoms with Gasteiger partial charge in [0, 0.05) is 5.75 Å². The highest BCUT2D eigenvalue weighted by Gasteiger charge is 2.08. The Morgan fingerprint density at radius 1 is 0.885 bits per heavy atom. The average molecular weight is 374 g/mol. The molecule has 0 atom stereocenters. The van der Waals surface area contributed by atoms with Crippen LogP contribution >= 0.6 is 23.1 Å². The third kappa shape index (κ3) is 3.90. The second-order valence-corrected chi connectivity index (χ2v) is 8.38. The molecule has 0 saturated heterocycles. The molecular weight excluding hydrogens is 354 g/mol. The van der Waals surface area contributed by atoms with E-state index in [1.54, 1.807) is 11.3 Å². The third-order valence-electron chi connectivity index (χ3n) is 4.32. The van der Waals surface area contributed by atoms with Crippen LogP contribution in [0.4, 0.5) is 0 Å². The summed E-state index contributed by atoms with van der Waals surface area (Å²) in [5.41, 5.74) is 6.30. The summed E-state index contributed by atoms with van der Waals surface area (Å²) >= 11 is 3.60. The molecule has 0 aliphatic carbocycles.